The lowest BCUT2D eigenvalue weighted by Crippen LogP contribution is -2.25. The third-order valence-electron chi connectivity index (χ3n) is 3.83. The second-order valence-corrected chi connectivity index (χ2v) is 5.66. The molecule has 0 bridgehead atoms. The number of hydrogen-bond acceptors (Lipinski definition) is 3. The summed E-state index contributed by atoms with van der Waals surface area (Å²) in [5.41, 5.74) is 0.381. The first kappa shape index (κ1) is 18.1. The van der Waals surface area contributed by atoms with E-state index in [4.69, 9.17) is 0 Å². The van der Waals surface area contributed by atoms with Gasteiger partial charge in [-0.2, -0.15) is 4.39 Å². The van der Waals surface area contributed by atoms with E-state index < -0.39 is 16.4 Å². The predicted octanol–water partition coefficient (Wildman–Crippen LogP) is 4.04. The van der Waals surface area contributed by atoms with Crippen molar-refractivity contribution in [2.75, 3.05) is 14.1 Å². The van der Waals surface area contributed by atoms with Gasteiger partial charge in [-0.1, -0.05) is 20.3 Å². The summed E-state index contributed by atoms with van der Waals surface area (Å²) in [7, 11) is 3.17. The van der Waals surface area contributed by atoms with Gasteiger partial charge in [-0.05, 0) is 37.3 Å². The average molecular weight is 310 g/mol. The number of nitro benzene ring substituents is 1. The molecule has 0 spiro atoms. The summed E-state index contributed by atoms with van der Waals surface area (Å²) in [6.45, 7) is 5.48. The van der Waals surface area contributed by atoms with Gasteiger partial charge in [0, 0.05) is 19.7 Å². The summed E-state index contributed by atoms with van der Waals surface area (Å²) in [5.74, 6) is -1.41. The molecule has 0 radical (unpaired) electrons. The van der Waals surface area contributed by atoms with E-state index in [9.17, 15) is 19.3 Å². The average Bonchev–Trinajstić information content (AvgIpc) is 2.42. The number of nitrogens with zero attached hydrogens (tertiary/aromatic N) is 2. The number of carbonyl (C=O) groups is 1. The molecule has 22 heavy (non-hydrogen) atoms. The molecule has 0 aliphatic carbocycles. The van der Waals surface area contributed by atoms with E-state index in [1.807, 2.05) is 13.8 Å². The third kappa shape index (κ3) is 3.43. The minimum Gasteiger partial charge on any atom is -0.345 e. The Hall–Kier alpha value is -1.98. The van der Waals surface area contributed by atoms with Crippen molar-refractivity contribution in [3.8, 4) is 0 Å². The van der Waals surface area contributed by atoms with Crippen LogP contribution in [0.1, 0.15) is 60.5 Å². The van der Waals surface area contributed by atoms with Gasteiger partial charge in [0.2, 0.25) is 5.82 Å². The number of nitro groups is 1. The monoisotopic (exact) mass is 310 g/mol. The topological polar surface area (TPSA) is 63.5 Å². The van der Waals surface area contributed by atoms with Crippen molar-refractivity contribution in [1.82, 2.24) is 4.90 Å². The van der Waals surface area contributed by atoms with E-state index in [-0.39, 0.29) is 23.0 Å². The standard InChI is InChI=1S/C16H23FN2O3/c1-6-8-11(7-2)14-13(16(20)18(4)5)10(3)9-12(17)15(14)19(21)22/h9,11H,6-8H2,1-5H3. The molecular formula is C16H23FN2O3. The Labute approximate surface area is 130 Å². The Morgan fingerprint density at radius 2 is 2.00 bits per heavy atom. The molecule has 1 aromatic rings. The van der Waals surface area contributed by atoms with Gasteiger partial charge >= 0.3 is 5.69 Å². The summed E-state index contributed by atoms with van der Waals surface area (Å²) < 4.78 is 14.2. The molecule has 0 saturated carbocycles. The number of benzene rings is 1. The molecule has 0 aliphatic heterocycles. The Kier molecular flexibility index (Phi) is 6.02. The lowest BCUT2D eigenvalue weighted by molar-refractivity contribution is -0.388. The Bertz CT molecular complexity index is 585. The van der Waals surface area contributed by atoms with E-state index in [1.165, 1.54) is 4.90 Å². The van der Waals surface area contributed by atoms with E-state index >= 15 is 0 Å². The molecule has 1 amide bonds. The van der Waals surface area contributed by atoms with Crippen LogP contribution < -0.4 is 0 Å². The first-order valence-electron chi connectivity index (χ1n) is 7.45. The van der Waals surface area contributed by atoms with Gasteiger partial charge in [0.25, 0.3) is 5.91 Å². The maximum Gasteiger partial charge on any atom is 0.309 e. The highest BCUT2D eigenvalue weighted by molar-refractivity contribution is 5.98. The molecule has 0 N–H and O–H groups in total. The Morgan fingerprint density at radius 1 is 1.41 bits per heavy atom. The fourth-order valence-corrected chi connectivity index (χ4v) is 2.78. The lowest BCUT2D eigenvalue weighted by Gasteiger charge is -2.22. The molecule has 0 aromatic heterocycles. The number of carbonyl (C=O) groups excluding carboxylic acids is 1. The van der Waals surface area contributed by atoms with Crippen LogP contribution in [0.3, 0.4) is 0 Å². The molecule has 5 nitrogen and oxygen atoms in total. The molecule has 6 heteroatoms. The fourth-order valence-electron chi connectivity index (χ4n) is 2.78. The summed E-state index contributed by atoms with van der Waals surface area (Å²) in [6, 6.07) is 1.08. The molecule has 0 saturated heterocycles. The Morgan fingerprint density at radius 3 is 2.41 bits per heavy atom. The molecule has 1 aromatic carbocycles. The SMILES string of the molecule is CCCC(CC)c1c(C(=O)N(C)C)c(C)cc(F)c1[N+](=O)[O-]. The maximum atomic E-state index is 14.2. The first-order chi connectivity index (χ1) is 10.3. The maximum absolute atomic E-state index is 14.2. The molecule has 0 fully saturated rings. The summed E-state index contributed by atoms with van der Waals surface area (Å²) >= 11 is 0. The van der Waals surface area contributed by atoms with Crippen molar-refractivity contribution in [3.63, 3.8) is 0 Å². The lowest BCUT2D eigenvalue weighted by atomic mass is 9.84. The van der Waals surface area contributed by atoms with Crippen LogP contribution >= 0.6 is 0 Å². The van der Waals surface area contributed by atoms with E-state index in [1.54, 1.807) is 21.0 Å². The van der Waals surface area contributed by atoms with Crippen LogP contribution in [0.25, 0.3) is 0 Å². The molecule has 1 unspecified atom stereocenters. The quantitative estimate of drug-likeness (QED) is 0.588. The molecule has 1 rings (SSSR count). The largest absolute Gasteiger partial charge is 0.345 e. The zero-order valence-electron chi connectivity index (χ0n) is 13.8. The highest BCUT2D eigenvalue weighted by Gasteiger charge is 2.32. The molecular weight excluding hydrogens is 287 g/mol. The highest BCUT2D eigenvalue weighted by atomic mass is 19.1. The number of amides is 1. The summed E-state index contributed by atoms with van der Waals surface area (Å²) in [4.78, 5) is 24.5. The van der Waals surface area contributed by atoms with Crippen LogP contribution in [0.2, 0.25) is 0 Å². The van der Waals surface area contributed by atoms with Crippen LogP contribution in [0, 0.1) is 22.9 Å². The van der Waals surface area contributed by atoms with Gasteiger partial charge in [0.05, 0.1) is 10.5 Å². The van der Waals surface area contributed by atoms with Crippen LogP contribution in [0.15, 0.2) is 6.07 Å². The molecule has 0 aliphatic rings. The minimum absolute atomic E-state index is 0.210. The molecule has 122 valence electrons. The summed E-state index contributed by atoms with van der Waals surface area (Å²) in [6.07, 6.45) is 2.10. The summed E-state index contributed by atoms with van der Waals surface area (Å²) in [5, 5.41) is 11.4. The second kappa shape index (κ2) is 7.33. The normalized spacial score (nSPS) is 12.1. The smallest absolute Gasteiger partial charge is 0.309 e. The molecule has 1 atom stereocenters. The number of halogens is 1. The van der Waals surface area contributed by atoms with Crippen molar-refractivity contribution in [3.05, 3.63) is 38.7 Å². The van der Waals surface area contributed by atoms with Gasteiger partial charge < -0.3 is 4.90 Å². The fraction of sp³-hybridized carbons (Fsp3) is 0.562. The second-order valence-electron chi connectivity index (χ2n) is 5.66. The van der Waals surface area contributed by atoms with E-state index in [0.29, 0.717) is 18.4 Å². The molecule has 0 heterocycles. The first-order valence-corrected chi connectivity index (χ1v) is 7.45. The van der Waals surface area contributed by atoms with Crippen LogP contribution in [0.4, 0.5) is 10.1 Å². The van der Waals surface area contributed by atoms with Crippen molar-refractivity contribution in [2.24, 2.45) is 0 Å². The van der Waals surface area contributed by atoms with Crippen LogP contribution in [0.5, 0.6) is 0 Å². The number of rotatable bonds is 6. The predicted molar refractivity (Wildman–Crippen MR) is 83.7 cm³/mol. The van der Waals surface area contributed by atoms with E-state index in [2.05, 4.69) is 0 Å². The van der Waals surface area contributed by atoms with Crippen molar-refractivity contribution in [1.29, 1.82) is 0 Å². The number of hydrogen-bond donors (Lipinski definition) is 0. The van der Waals surface area contributed by atoms with E-state index in [0.717, 1.165) is 12.5 Å². The van der Waals surface area contributed by atoms with Gasteiger partial charge in [-0.3, -0.25) is 14.9 Å². The van der Waals surface area contributed by atoms with Crippen molar-refractivity contribution in [2.45, 2.75) is 46.0 Å². The third-order valence-corrected chi connectivity index (χ3v) is 3.83. The number of aryl methyl sites for hydroxylation is 1. The minimum atomic E-state index is -0.873. The van der Waals surface area contributed by atoms with Crippen molar-refractivity contribution >= 4 is 11.6 Å². The van der Waals surface area contributed by atoms with Crippen LogP contribution in [-0.4, -0.2) is 29.8 Å². The zero-order chi connectivity index (χ0) is 17.0. The van der Waals surface area contributed by atoms with Gasteiger partial charge in [0.15, 0.2) is 0 Å². The van der Waals surface area contributed by atoms with Crippen LogP contribution in [-0.2, 0) is 0 Å². The zero-order valence-corrected chi connectivity index (χ0v) is 13.8. The Balaban J connectivity index is 3.77. The van der Waals surface area contributed by atoms with Gasteiger partial charge in [-0.15, -0.1) is 0 Å². The van der Waals surface area contributed by atoms with Crippen molar-refractivity contribution < 1.29 is 14.1 Å². The van der Waals surface area contributed by atoms with Gasteiger partial charge in [0.1, 0.15) is 0 Å². The van der Waals surface area contributed by atoms with Gasteiger partial charge in [-0.25, -0.2) is 0 Å². The highest BCUT2D eigenvalue weighted by Crippen LogP contribution is 2.38.